The lowest BCUT2D eigenvalue weighted by Gasteiger charge is -2.10. The first kappa shape index (κ1) is 12.4. The van der Waals surface area contributed by atoms with E-state index in [1.165, 1.54) is 0 Å². The molecule has 15 heavy (non-hydrogen) atoms. The van der Waals surface area contributed by atoms with Gasteiger partial charge in [0.15, 0.2) is 0 Å². The van der Waals surface area contributed by atoms with Crippen LogP contribution in [0.4, 0.5) is 0 Å². The minimum Gasteiger partial charge on any atom is -0.396 e. The Kier molecular flexibility index (Phi) is 4.97. The summed E-state index contributed by atoms with van der Waals surface area (Å²) < 4.78 is 0. The first-order chi connectivity index (χ1) is 7.17. The maximum Gasteiger partial charge on any atom is 0.100 e. The second kappa shape index (κ2) is 6.02. The van der Waals surface area contributed by atoms with E-state index in [0.717, 1.165) is 4.90 Å². The van der Waals surface area contributed by atoms with Gasteiger partial charge in [-0.2, -0.15) is 5.26 Å². The molecule has 2 nitrogen and oxygen atoms in total. The zero-order valence-electron chi connectivity index (χ0n) is 8.40. The molecule has 0 aromatic heterocycles. The van der Waals surface area contributed by atoms with Gasteiger partial charge in [-0.25, -0.2) is 0 Å². The van der Waals surface area contributed by atoms with Gasteiger partial charge >= 0.3 is 0 Å². The molecule has 1 rings (SSSR count). The van der Waals surface area contributed by atoms with Gasteiger partial charge in [-0.15, -0.1) is 11.8 Å². The van der Waals surface area contributed by atoms with Crippen molar-refractivity contribution >= 4 is 23.4 Å². The molecular weight excluding hydrogens is 230 g/mol. The molecule has 1 aromatic rings. The van der Waals surface area contributed by atoms with Crippen molar-refractivity contribution in [3.05, 3.63) is 28.8 Å². The standard InChI is InChI=1S/C11H12ClNOS/c1-8(4-5-14)15-11-6-10(12)3-2-9(11)7-13/h2-3,6,8,14H,4-5H2,1H3. The Morgan fingerprint density at radius 2 is 2.33 bits per heavy atom. The highest BCUT2D eigenvalue weighted by atomic mass is 35.5. The average Bonchev–Trinajstić information content (AvgIpc) is 2.18. The van der Waals surface area contributed by atoms with Gasteiger partial charge in [-0.1, -0.05) is 18.5 Å². The van der Waals surface area contributed by atoms with Crippen molar-refractivity contribution in [1.29, 1.82) is 5.26 Å². The Balaban J connectivity index is 2.83. The summed E-state index contributed by atoms with van der Waals surface area (Å²) in [6, 6.07) is 7.35. The molecule has 0 saturated heterocycles. The second-order valence-electron chi connectivity index (χ2n) is 3.19. The molecule has 0 aliphatic carbocycles. The van der Waals surface area contributed by atoms with Gasteiger partial charge in [0.05, 0.1) is 5.56 Å². The summed E-state index contributed by atoms with van der Waals surface area (Å²) in [6.07, 6.45) is 0.710. The molecule has 1 unspecified atom stereocenters. The maximum atomic E-state index is 8.90. The largest absolute Gasteiger partial charge is 0.396 e. The summed E-state index contributed by atoms with van der Waals surface area (Å²) in [5, 5.41) is 18.6. The van der Waals surface area contributed by atoms with Crippen LogP contribution in [0.25, 0.3) is 0 Å². The Morgan fingerprint density at radius 3 is 2.93 bits per heavy atom. The Bertz CT molecular complexity index is 375. The molecule has 80 valence electrons. The van der Waals surface area contributed by atoms with E-state index in [1.807, 2.05) is 6.92 Å². The van der Waals surface area contributed by atoms with Gasteiger partial charge in [0, 0.05) is 21.8 Å². The van der Waals surface area contributed by atoms with Crippen LogP contribution >= 0.6 is 23.4 Å². The lowest BCUT2D eigenvalue weighted by molar-refractivity contribution is 0.289. The molecule has 0 radical (unpaired) electrons. The molecule has 4 heteroatoms. The van der Waals surface area contributed by atoms with Crippen molar-refractivity contribution < 1.29 is 5.11 Å². The topological polar surface area (TPSA) is 44.0 Å². The molecule has 0 heterocycles. The maximum absolute atomic E-state index is 8.90. The molecule has 1 N–H and O–H groups in total. The minimum atomic E-state index is 0.163. The second-order valence-corrected chi connectivity index (χ2v) is 5.11. The predicted molar refractivity (Wildman–Crippen MR) is 63.2 cm³/mol. The first-order valence-electron chi connectivity index (χ1n) is 4.64. The van der Waals surface area contributed by atoms with Gasteiger partial charge in [-0.05, 0) is 24.6 Å². The monoisotopic (exact) mass is 241 g/mol. The molecule has 1 atom stereocenters. The Morgan fingerprint density at radius 1 is 1.60 bits per heavy atom. The fourth-order valence-electron chi connectivity index (χ4n) is 1.14. The third-order valence-corrected chi connectivity index (χ3v) is 3.39. The minimum absolute atomic E-state index is 0.163. The molecular formula is C11H12ClNOS. The fourth-order valence-corrected chi connectivity index (χ4v) is 2.47. The zero-order chi connectivity index (χ0) is 11.3. The van der Waals surface area contributed by atoms with Crippen LogP contribution < -0.4 is 0 Å². The van der Waals surface area contributed by atoms with Crippen LogP contribution in [0.2, 0.25) is 5.02 Å². The van der Waals surface area contributed by atoms with E-state index in [0.29, 0.717) is 17.0 Å². The molecule has 0 aliphatic heterocycles. The van der Waals surface area contributed by atoms with E-state index >= 15 is 0 Å². The highest BCUT2D eigenvalue weighted by Crippen LogP contribution is 2.30. The molecule has 0 aliphatic rings. The van der Waals surface area contributed by atoms with Crippen LogP contribution in [0.3, 0.4) is 0 Å². The number of nitriles is 1. The van der Waals surface area contributed by atoms with Crippen molar-refractivity contribution in [2.45, 2.75) is 23.5 Å². The van der Waals surface area contributed by atoms with Gasteiger partial charge in [0.25, 0.3) is 0 Å². The number of hydrogen-bond acceptors (Lipinski definition) is 3. The Labute approximate surface area is 98.9 Å². The predicted octanol–water partition coefficient (Wildman–Crippen LogP) is 3.07. The van der Waals surface area contributed by atoms with E-state index in [9.17, 15) is 0 Å². The van der Waals surface area contributed by atoms with E-state index in [-0.39, 0.29) is 11.9 Å². The summed E-state index contributed by atoms with van der Waals surface area (Å²) in [4.78, 5) is 0.881. The number of hydrogen-bond donors (Lipinski definition) is 1. The number of halogens is 1. The van der Waals surface area contributed by atoms with Crippen LogP contribution in [0.1, 0.15) is 18.9 Å². The van der Waals surface area contributed by atoms with Crippen LogP contribution in [0.5, 0.6) is 0 Å². The van der Waals surface area contributed by atoms with Gasteiger partial charge < -0.3 is 5.11 Å². The molecule has 1 aromatic carbocycles. The van der Waals surface area contributed by atoms with Crippen LogP contribution in [0, 0.1) is 11.3 Å². The average molecular weight is 242 g/mol. The van der Waals surface area contributed by atoms with Crippen LogP contribution in [-0.2, 0) is 0 Å². The van der Waals surface area contributed by atoms with E-state index in [1.54, 1.807) is 30.0 Å². The quantitative estimate of drug-likeness (QED) is 0.824. The zero-order valence-corrected chi connectivity index (χ0v) is 9.98. The number of aliphatic hydroxyl groups excluding tert-OH is 1. The normalized spacial score (nSPS) is 12.1. The third kappa shape index (κ3) is 3.75. The highest BCUT2D eigenvalue weighted by Gasteiger charge is 2.08. The van der Waals surface area contributed by atoms with Gasteiger partial charge in [-0.3, -0.25) is 0 Å². The lowest BCUT2D eigenvalue weighted by atomic mass is 10.2. The number of thioether (sulfide) groups is 1. The van der Waals surface area contributed by atoms with Crippen molar-refractivity contribution in [1.82, 2.24) is 0 Å². The number of rotatable bonds is 4. The van der Waals surface area contributed by atoms with Crippen molar-refractivity contribution in [2.75, 3.05) is 6.61 Å². The molecule has 0 amide bonds. The summed E-state index contributed by atoms with van der Waals surface area (Å²) in [5.74, 6) is 0. The van der Waals surface area contributed by atoms with Crippen molar-refractivity contribution in [3.63, 3.8) is 0 Å². The fraction of sp³-hybridized carbons (Fsp3) is 0.364. The summed E-state index contributed by atoms with van der Waals surface area (Å²) >= 11 is 7.43. The van der Waals surface area contributed by atoms with Crippen LogP contribution in [0.15, 0.2) is 23.1 Å². The van der Waals surface area contributed by atoms with Gasteiger partial charge in [0.2, 0.25) is 0 Å². The summed E-state index contributed by atoms with van der Waals surface area (Å²) in [6.45, 7) is 2.18. The van der Waals surface area contributed by atoms with Crippen molar-refractivity contribution in [2.24, 2.45) is 0 Å². The third-order valence-electron chi connectivity index (χ3n) is 1.93. The number of aliphatic hydroxyl groups is 1. The first-order valence-corrected chi connectivity index (χ1v) is 5.90. The Hall–Kier alpha value is -0.690. The molecule has 0 spiro atoms. The number of benzene rings is 1. The number of nitrogens with zero attached hydrogens (tertiary/aromatic N) is 1. The molecule has 0 bridgehead atoms. The highest BCUT2D eigenvalue weighted by molar-refractivity contribution is 8.00. The molecule has 0 saturated carbocycles. The van der Waals surface area contributed by atoms with Crippen molar-refractivity contribution in [3.8, 4) is 6.07 Å². The smallest absolute Gasteiger partial charge is 0.100 e. The van der Waals surface area contributed by atoms with E-state index in [2.05, 4.69) is 6.07 Å². The van der Waals surface area contributed by atoms with Crippen LogP contribution in [-0.4, -0.2) is 17.0 Å². The lowest BCUT2D eigenvalue weighted by Crippen LogP contribution is -1.99. The van der Waals surface area contributed by atoms with E-state index in [4.69, 9.17) is 22.0 Å². The molecule has 0 fully saturated rings. The van der Waals surface area contributed by atoms with E-state index < -0.39 is 0 Å². The summed E-state index contributed by atoms with van der Waals surface area (Å²) in [5.41, 5.74) is 0.634. The van der Waals surface area contributed by atoms with Gasteiger partial charge in [0.1, 0.15) is 6.07 Å². The summed E-state index contributed by atoms with van der Waals surface area (Å²) in [7, 11) is 0. The SMILES string of the molecule is CC(CCO)Sc1cc(Cl)ccc1C#N.